The smallest absolute Gasteiger partial charge is 0.333 e. The van der Waals surface area contributed by atoms with Crippen LogP contribution in [0.5, 0.6) is 0 Å². The molecule has 0 aromatic rings. The van der Waals surface area contributed by atoms with Crippen LogP contribution < -0.4 is 10.5 Å². The van der Waals surface area contributed by atoms with Gasteiger partial charge in [-0.25, -0.2) is 0 Å². The highest BCUT2D eigenvalue weighted by Gasteiger charge is 2.17. The van der Waals surface area contributed by atoms with Crippen molar-refractivity contribution in [1.82, 2.24) is 4.72 Å². The van der Waals surface area contributed by atoms with E-state index in [1.807, 2.05) is 6.92 Å². The van der Waals surface area contributed by atoms with E-state index in [-0.39, 0.29) is 6.04 Å². The van der Waals surface area contributed by atoms with Gasteiger partial charge in [-0.15, -0.1) is 0 Å². The Morgan fingerprint density at radius 3 is 2.25 bits per heavy atom. The molecule has 0 radical (unpaired) electrons. The van der Waals surface area contributed by atoms with Gasteiger partial charge in [0.05, 0.1) is 19.8 Å². The normalized spacial score (nSPS) is 16.6. The van der Waals surface area contributed by atoms with Crippen LogP contribution in [-0.4, -0.2) is 52.0 Å². The van der Waals surface area contributed by atoms with E-state index in [4.69, 9.17) is 19.8 Å². The van der Waals surface area contributed by atoms with Gasteiger partial charge in [0.25, 0.3) is 0 Å². The Kier molecular flexibility index (Phi) is 12.3. The van der Waals surface area contributed by atoms with Crippen molar-refractivity contribution in [3.63, 3.8) is 0 Å². The maximum absolute atomic E-state index is 10.3. The summed E-state index contributed by atoms with van der Waals surface area (Å²) in [6.07, 6.45) is 4.96. The number of ether oxygens (including phenoxy) is 2. The lowest BCUT2D eigenvalue weighted by Crippen LogP contribution is -2.35. The van der Waals surface area contributed by atoms with Crippen molar-refractivity contribution in [1.29, 1.82) is 0 Å². The first-order chi connectivity index (χ1) is 9.49. The van der Waals surface area contributed by atoms with E-state index in [0.717, 1.165) is 32.3 Å². The lowest BCUT2D eigenvalue weighted by Gasteiger charge is -2.20. The fourth-order valence-electron chi connectivity index (χ4n) is 1.88. The van der Waals surface area contributed by atoms with Gasteiger partial charge in [-0.1, -0.05) is 19.3 Å². The molecule has 1 fully saturated rings. The van der Waals surface area contributed by atoms with Crippen LogP contribution in [0.4, 0.5) is 0 Å². The fraction of sp³-hybridized carbons (Fsp3) is 1.00. The number of nitrogens with two attached hydrogens (primary N) is 1. The Bertz CT molecular complexity index is 299. The van der Waals surface area contributed by atoms with Gasteiger partial charge in [0.1, 0.15) is 0 Å². The van der Waals surface area contributed by atoms with Gasteiger partial charge >= 0.3 is 10.3 Å². The van der Waals surface area contributed by atoms with Gasteiger partial charge in [-0.3, -0.25) is 4.55 Å². The molecule has 0 saturated heterocycles. The zero-order valence-electron chi connectivity index (χ0n) is 12.2. The summed E-state index contributed by atoms with van der Waals surface area (Å²) in [5, 5.41) is 0. The maximum Gasteiger partial charge on any atom is 0.333 e. The van der Waals surface area contributed by atoms with Gasteiger partial charge in [0.15, 0.2) is 0 Å². The highest BCUT2D eigenvalue weighted by atomic mass is 32.2. The van der Waals surface area contributed by atoms with E-state index in [1.54, 1.807) is 0 Å². The molecule has 1 saturated carbocycles. The maximum atomic E-state index is 10.3. The predicted octanol–water partition coefficient (Wildman–Crippen LogP) is 0.710. The van der Waals surface area contributed by atoms with E-state index in [0.29, 0.717) is 26.4 Å². The molecule has 122 valence electrons. The van der Waals surface area contributed by atoms with Gasteiger partial charge in [0.2, 0.25) is 0 Å². The minimum absolute atomic E-state index is 0.0428. The molecule has 0 spiro atoms. The van der Waals surface area contributed by atoms with Crippen LogP contribution in [0.3, 0.4) is 0 Å². The molecule has 0 aliphatic heterocycles. The first-order valence-corrected chi connectivity index (χ1v) is 8.54. The van der Waals surface area contributed by atoms with Crippen molar-refractivity contribution >= 4 is 10.3 Å². The zero-order valence-corrected chi connectivity index (χ0v) is 13.0. The molecule has 0 aromatic heterocycles. The molecule has 4 N–H and O–H groups in total. The average Bonchev–Trinajstić information content (AvgIpc) is 2.39. The third-order valence-corrected chi connectivity index (χ3v) is 3.39. The molecule has 8 heteroatoms. The quantitative estimate of drug-likeness (QED) is 0.449. The summed E-state index contributed by atoms with van der Waals surface area (Å²) >= 11 is 0. The molecule has 1 aliphatic carbocycles. The Morgan fingerprint density at radius 2 is 1.75 bits per heavy atom. The second-order valence-corrected chi connectivity index (χ2v) is 5.71. The van der Waals surface area contributed by atoms with Gasteiger partial charge in [0, 0.05) is 19.2 Å². The predicted molar refractivity (Wildman–Crippen MR) is 77.9 cm³/mol. The molecule has 1 rings (SSSR count). The van der Waals surface area contributed by atoms with E-state index in [1.165, 1.54) is 6.42 Å². The van der Waals surface area contributed by atoms with Crippen LogP contribution in [-0.2, 0) is 19.8 Å². The average molecular weight is 312 g/mol. The second-order valence-electron chi connectivity index (χ2n) is 4.53. The standard InChI is InChI=1S/C6H13NO3S.C6H15NO2/c8-11(9,10)7-6-4-2-1-3-5-6;1-2-8-5-6-9-4-3-7/h6-7H,1-5H2,(H,8,9,10);2-7H2,1H3. The largest absolute Gasteiger partial charge is 0.379 e. The molecule has 0 atom stereocenters. The summed E-state index contributed by atoms with van der Waals surface area (Å²) in [6, 6.07) is -0.0428. The van der Waals surface area contributed by atoms with E-state index < -0.39 is 10.3 Å². The molecule has 20 heavy (non-hydrogen) atoms. The summed E-state index contributed by atoms with van der Waals surface area (Å²) in [6.45, 7) is 5.27. The molecule has 7 nitrogen and oxygen atoms in total. The first-order valence-electron chi connectivity index (χ1n) is 7.10. The zero-order chi connectivity index (χ0) is 15.3. The monoisotopic (exact) mass is 312 g/mol. The number of rotatable bonds is 8. The fourth-order valence-corrected chi connectivity index (χ4v) is 2.54. The van der Waals surface area contributed by atoms with Crippen molar-refractivity contribution in [3.05, 3.63) is 0 Å². The minimum Gasteiger partial charge on any atom is -0.379 e. The van der Waals surface area contributed by atoms with Crippen LogP contribution >= 0.6 is 0 Å². The highest BCUT2D eigenvalue weighted by molar-refractivity contribution is 7.83. The van der Waals surface area contributed by atoms with Crippen molar-refractivity contribution in [2.75, 3.05) is 33.0 Å². The molecule has 0 unspecified atom stereocenters. The first kappa shape index (κ1) is 19.8. The molecule has 1 aliphatic rings. The lowest BCUT2D eigenvalue weighted by molar-refractivity contribution is 0.0561. The number of hydrogen-bond acceptors (Lipinski definition) is 5. The molecular weight excluding hydrogens is 284 g/mol. The van der Waals surface area contributed by atoms with Gasteiger partial charge < -0.3 is 15.2 Å². The van der Waals surface area contributed by atoms with Gasteiger partial charge in [-0.2, -0.15) is 13.1 Å². The summed E-state index contributed by atoms with van der Waals surface area (Å²) in [5.41, 5.74) is 5.18. The number of hydrogen-bond donors (Lipinski definition) is 3. The van der Waals surface area contributed by atoms with Crippen LogP contribution in [0.15, 0.2) is 0 Å². The lowest BCUT2D eigenvalue weighted by atomic mass is 9.96. The summed E-state index contributed by atoms with van der Waals surface area (Å²) in [5.74, 6) is 0. The molecule has 0 heterocycles. The van der Waals surface area contributed by atoms with Gasteiger partial charge in [-0.05, 0) is 19.8 Å². The molecule has 0 amide bonds. The topological polar surface area (TPSA) is 111 Å². The van der Waals surface area contributed by atoms with Crippen LogP contribution in [0.2, 0.25) is 0 Å². The SMILES string of the molecule is CCOCCOCCN.O=S(=O)(O)NC1CCCCC1. The third-order valence-electron chi connectivity index (χ3n) is 2.76. The summed E-state index contributed by atoms with van der Waals surface area (Å²) in [7, 11) is -3.97. The second kappa shape index (κ2) is 12.5. The van der Waals surface area contributed by atoms with E-state index in [2.05, 4.69) is 4.72 Å². The molecule has 0 bridgehead atoms. The molecule has 0 aromatic carbocycles. The van der Waals surface area contributed by atoms with Crippen molar-refractivity contribution in [2.45, 2.75) is 45.1 Å². The third kappa shape index (κ3) is 14.2. The van der Waals surface area contributed by atoms with Crippen LogP contribution in [0, 0.1) is 0 Å². The molecular formula is C12H28N2O5S. The van der Waals surface area contributed by atoms with Crippen molar-refractivity contribution < 1.29 is 22.4 Å². The van der Waals surface area contributed by atoms with Crippen molar-refractivity contribution in [3.8, 4) is 0 Å². The summed E-state index contributed by atoms with van der Waals surface area (Å²) < 4.78 is 41.4. The van der Waals surface area contributed by atoms with Crippen LogP contribution in [0.25, 0.3) is 0 Å². The number of nitrogens with one attached hydrogen (secondary N) is 1. The highest BCUT2D eigenvalue weighted by Crippen LogP contribution is 2.17. The van der Waals surface area contributed by atoms with E-state index in [9.17, 15) is 8.42 Å². The minimum atomic E-state index is -3.97. The summed E-state index contributed by atoms with van der Waals surface area (Å²) in [4.78, 5) is 0. The Balaban J connectivity index is 0.000000370. The Morgan fingerprint density at radius 1 is 1.15 bits per heavy atom. The Hall–Kier alpha value is -0.250. The van der Waals surface area contributed by atoms with E-state index >= 15 is 0 Å². The van der Waals surface area contributed by atoms with Crippen molar-refractivity contribution in [2.24, 2.45) is 5.73 Å². The Labute approximate surface area is 122 Å². The van der Waals surface area contributed by atoms with Crippen LogP contribution in [0.1, 0.15) is 39.0 Å².